The van der Waals surface area contributed by atoms with E-state index in [1.807, 2.05) is 23.2 Å². The smallest absolute Gasteiger partial charge is 0.274 e. The fourth-order valence-electron chi connectivity index (χ4n) is 3.15. The summed E-state index contributed by atoms with van der Waals surface area (Å²) < 4.78 is 9.60. The molecule has 0 spiro atoms. The van der Waals surface area contributed by atoms with Crippen molar-refractivity contribution < 1.29 is 9.53 Å². The van der Waals surface area contributed by atoms with Crippen LogP contribution in [0.4, 0.5) is 0 Å². The molecule has 0 aromatic carbocycles. The highest BCUT2D eigenvalue weighted by molar-refractivity contribution is 5.92. The number of ether oxygens (including phenoxy) is 1. The molecule has 0 fully saturated rings. The number of hydrogen-bond acceptors (Lipinski definition) is 5. The number of fused-ring (bicyclic) bond motifs is 1. The lowest BCUT2D eigenvalue weighted by molar-refractivity contribution is 0.0694. The molecule has 0 unspecified atom stereocenters. The lowest BCUT2D eigenvalue weighted by Crippen LogP contribution is -2.36. The van der Waals surface area contributed by atoms with Gasteiger partial charge in [0.2, 0.25) is 0 Å². The lowest BCUT2D eigenvalue weighted by atomic mass is 10.1. The van der Waals surface area contributed by atoms with Crippen molar-refractivity contribution in [3.8, 4) is 5.75 Å². The first kappa shape index (κ1) is 16.3. The molecule has 0 N–H and O–H groups in total. The van der Waals surface area contributed by atoms with Crippen LogP contribution in [0.2, 0.25) is 0 Å². The number of hydrogen-bond donors (Lipinski definition) is 0. The number of amides is 1. The van der Waals surface area contributed by atoms with Gasteiger partial charge >= 0.3 is 0 Å². The van der Waals surface area contributed by atoms with E-state index < -0.39 is 0 Å². The van der Waals surface area contributed by atoms with Crippen LogP contribution in [-0.4, -0.2) is 48.3 Å². The van der Waals surface area contributed by atoms with E-state index in [-0.39, 0.29) is 11.8 Å². The van der Waals surface area contributed by atoms with E-state index in [0.717, 1.165) is 18.0 Å². The molecule has 0 aliphatic carbocycles. The molecular formula is C18H20N6O2. The molecule has 4 heterocycles. The van der Waals surface area contributed by atoms with Gasteiger partial charge in [-0.05, 0) is 18.2 Å². The van der Waals surface area contributed by atoms with Crippen molar-refractivity contribution in [2.75, 3.05) is 13.2 Å². The van der Waals surface area contributed by atoms with Gasteiger partial charge in [-0.1, -0.05) is 0 Å². The van der Waals surface area contributed by atoms with Crippen molar-refractivity contribution in [1.29, 1.82) is 0 Å². The van der Waals surface area contributed by atoms with Gasteiger partial charge in [0.15, 0.2) is 0 Å². The van der Waals surface area contributed by atoms with Crippen LogP contribution in [0.15, 0.2) is 49.3 Å². The Bertz CT molecular complexity index is 888. The van der Waals surface area contributed by atoms with Crippen molar-refractivity contribution in [1.82, 2.24) is 29.2 Å². The third-order valence-electron chi connectivity index (χ3n) is 4.42. The van der Waals surface area contributed by atoms with E-state index in [9.17, 15) is 4.79 Å². The summed E-state index contributed by atoms with van der Waals surface area (Å²) in [5, 5.41) is 4.24. The number of carbonyl (C=O) groups excluding carboxylic acids is 1. The summed E-state index contributed by atoms with van der Waals surface area (Å²) in [7, 11) is 1.80. The summed E-state index contributed by atoms with van der Waals surface area (Å²) in [5.41, 5.74) is 1.46. The molecule has 8 heteroatoms. The van der Waals surface area contributed by atoms with Crippen LogP contribution in [0.1, 0.15) is 16.2 Å². The zero-order chi connectivity index (χ0) is 17.9. The van der Waals surface area contributed by atoms with Gasteiger partial charge in [0.05, 0.1) is 31.4 Å². The summed E-state index contributed by atoms with van der Waals surface area (Å²) in [6.45, 7) is 2.35. The second-order valence-corrected chi connectivity index (χ2v) is 6.46. The van der Waals surface area contributed by atoms with Crippen LogP contribution in [-0.2, 0) is 20.1 Å². The van der Waals surface area contributed by atoms with E-state index in [2.05, 4.69) is 19.6 Å². The van der Waals surface area contributed by atoms with E-state index in [1.54, 1.807) is 42.7 Å². The molecule has 3 aromatic heterocycles. The average Bonchev–Trinajstić information content (AvgIpc) is 3.24. The highest BCUT2D eigenvalue weighted by Crippen LogP contribution is 2.19. The number of rotatable bonds is 4. The Hall–Kier alpha value is -3.16. The fourth-order valence-corrected chi connectivity index (χ4v) is 3.15. The van der Waals surface area contributed by atoms with Gasteiger partial charge in [-0.2, -0.15) is 5.10 Å². The largest absolute Gasteiger partial charge is 0.492 e. The van der Waals surface area contributed by atoms with Gasteiger partial charge in [-0.3, -0.25) is 14.5 Å². The molecule has 1 aliphatic heterocycles. The van der Waals surface area contributed by atoms with Crippen molar-refractivity contribution in [2.24, 2.45) is 13.0 Å². The zero-order valence-electron chi connectivity index (χ0n) is 14.5. The first-order valence-corrected chi connectivity index (χ1v) is 8.50. The van der Waals surface area contributed by atoms with Gasteiger partial charge in [0.25, 0.3) is 5.91 Å². The summed E-state index contributed by atoms with van der Waals surface area (Å²) >= 11 is 0. The highest BCUT2D eigenvalue weighted by atomic mass is 16.5. The summed E-state index contributed by atoms with van der Waals surface area (Å²) in [6, 6.07) is 5.46. The lowest BCUT2D eigenvalue weighted by Gasteiger charge is -2.23. The van der Waals surface area contributed by atoms with Gasteiger partial charge in [0.1, 0.15) is 11.4 Å². The van der Waals surface area contributed by atoms with E-state index in [1.165, 1.54) is 0 Å². The third-order valence-corrected chi connectivity index (χ3v) is 4.42. The van der Waals surface area contributed by atoms with Crippen LogP contribution in [0, 0.1) is 5.92 Å². The van der Waals surface area contributed by atoms with Crippen LogP contribution >= 0.6 is 0 Å². The summed E-state index contributed by atoms with van der Waals surface area (Å²) in [4.78, 5) is 23.0. The maximum absolute atomic E-state index is 12.9. The normalized spacial score (nSPS) is 16.8. The molecule has 8 nitrogen and oxygen atoms in total. The highest BCUT2D eigenvalue weighted by Gasteiger charge is 2.27. The van der Waals surface area contributed by atoms with E-state index in [4.69, 9.17) is 4.74 Å². The first-order chi connectivity index (χ1) is 12.7. The zero-order valence-corrected chi connectivity index (χ0v) is 14.5. The Balaban J connectivity index is 1.52. The van der Waals surface area contributed by atoms with Crippen LogP contribution in [0.5, 0.6) is 5.75 Å². The molecular weight excluding hydrogens is 332 g/mol. The van der Waals surface area contributed by atoms with Crippen molar-refractivity contribution >= 4 is 5.91 Å². The second kappa shape index (κ2) is 6.99. The Morgan fingerprint density at radius 3 is 2.96 bits per heavy atom. The molecule has 0 bridgehead atoms. The van der Waals surface area contributed by atoms with E-state index in [0.29, 0.717) is 25.4 Å². The van der Waals surface area contributed by atoms with Crippen LogP contribution in [0.25, 0.3) is 0 Å². The Morgan fingerprint density at radius 2 is 2.19 bits per heavy atom. The van der Waals surface area contributed by atoms with Crippen LogP contribution < -0.4 is 4.74 Å². The van der Waals surface area contributed by atoms with Gasteiger partial charge < -0.3 is 14.2 Å². The molecule has 0 saturated carbocycles. The minimum Gasteiger partial charge on any atom is -0.492 e. The Kier molecular flexibility index (Phi) is 4.39. The molecule has 134 valence electrons. The molecule has 1 atom stereocenters. The molecule has 4 rings (SSSR count). The number of imidazole rings is 1. The predicted octanol–water partition coefficient (Wildman–Crippen LogP) is 1.36. The Labute approximate surface area is 151 Å². The third kappa shape index (κ3) is 3.44. The van der Waals surface area contributed by atoms with Gasteiger partial charge in [-0.25, -0.2) is 4.98 Å². The molecule has 0 saturated heterocycles. The standard InChI is InChI=1S/C18H20N6O2/c1-22-6-4-17(21-22)18(25)23-9-14(10-24-13-20-7-15(24)11-23)12-26-16-3-2-5-19-8-16/h2-8,13-14H,9-12H2,1H3/t14-/m0/s1. The van der Waals surface area contributed by atoms with Gasteiger partial charge in [0, 0.05) is 44.6 Å². The summed E-state index contributed by atoms with van der Waals surface area (Å²) in [6.07, 6.45) is 8.79. The maximum Gasteiger partial charge on any atom is 0.274 e. The number of nitrogens with zero attached hydrogens (tertiary/aromatic N) is 6. The monoisotopic (exact) mass is 352 g/mol. The van der Waals surface area contributed by atoms with Gasteiger partial charge in [-0.15, -0.1) is 0 Å². The Morgan fingerprint density at radius 1 is 1.27 bits per heavy atom. The molecule has 1 amide bonds. The maximum atomic E-state index is 12.9. The number of aryl methyl sites for hydroxylation is 1. The minimum atomic E-state index is -0.0772. The van der Waals surface area contributed by atoms with Crippen LogP contribution in [0.3, 0.4) is 0 Å². The SMILES string of the molecule is Cn1ccc(C(=O)N2Cc3cncn3C[C@@H](COc3cccnc3)C2)n1. The van der Waals surface area contributed by atoms with Crippen molar-refractivity contribution in [2.45, 2.75) is 13.1 Å². The molecule has 1 aliphatic rings. The quantitative estimate of drug-likeness (QED) is 0.708. The topological polar surface area (TPSA) is 78.1 Å². The first-order valence-electron chi connectivity index (χ1n) is 8.50. The molecule has 0 radical (unpaired) electrons. The molecule has 26 heavy (non-hydrogen) atoms. The van der Waals surface area contributed by atoms with E-state index >= 15 is 0 Å². The minimum absolute atomic E-state index is 0.0772. The number of pyridine rings is 1. The number of aromatic nitrogens is 5. The average molecular weight is 352 g/mol. The second-order valence-electron chi connectivity index (χ2n) is 6.46. The van der Waals surface area contributed by atoms with Crippen molar-refractivity contribution in [3.63, 3.8) is 0 Å². The fraction of sp³-hybridized carbons (Fsp3) is 0.333. The predicted molar refractivity (Wildman–Crippen MR) is 93.4 cm³/mol. The number of carbonyl (C=O) groups is 1. The van der Waals surface area contributed by atoms with Crippen molar-refractivity contribution in [3.05, 3.63) is 60.7 Å². The molecule has 3 aromatic rings. The summed E-state index contributed by atoms with van der Waals surface area (Å²) in [5.74, 6) is 0.787.